The molecule has 1 heterocycles. The van der Waals surface area contributed by atoms with E-state index in [9.17, 15) is 14.0 Å². The summed E-state index contributed by atoms with van der Waals surface area (Å²) in [6.45, 7) is 0.147. The molecule has 0 N–H and O–H groups in total. The minimum absolute atomic E-state index is 0.103. The number of rotatable bonds is 6. The van der Waals surface area contributed by atoms with Gasteiger partial charge in [-0.1, -0.05) is 12.1 Å². The van der Waals surface area contributed by atoms with Gasteiger partial charge in [0.2, 0.25) is 0 Å². The highest BCUT2D eigenvalue weighted by atomic mass is 19.1. The molecule has 0 bridgehead atoms. The average Bonchev–Trinajstić information content (AvgIpc) is 2.73. The first-order valence-corrected chi connectivity index (χ1v) is 8.39. The van der Waals surface area contributed by atoms with Crippen LogP contribution in [-0.2, 0) is 11.3 Å². The van der Waals surface area contributed by atoms with Crippen LogP contribution in [0.3, 0.4) is 0 Å². The molecule has 144 valence electrons. The van der Waals surface area contributed by atoms with Gasteiger partial charge in [0.15, 0.2) is 5.56 Å². The number of benzene rings is 2. The molecule has 0 saturated heterocycles. The SMILES string of the molecule is COC(=O)c1c(OCc2ccc(OC)cc2)ccn(-c2ccc(F)cc2)c1=O. The quantitative estimate of drug-likeness (QED) is 0.611. The Kier molecular flexibility index (Phi) is 5.74. The van der Waals surface area contributed by atoms with E-state index in [1.807, 2.05) is 12.1 Å². The fourth-order valence-corrected chi connectivity index (χ4v) is 2.62. The molecule has 0 aliphatic rings. The van der Waals surface area contributed by atoms with Crippen molar-refractivity contribution in [3.63, 3.8) is 0 Å². The highest BCUT2D eigenvalue weighted by Gasteiger charge is 2.20. The highest BCUT2D eigenvalue weighted by Crippen LogP contribution is 2.20. The zero-order valence-corrected chi connectivity index (χ0v) is 15.3. The first-order valence-electron chi connectivity index (χ1n) is 8.39. The first kappa shape index (κ1) is 19.2. The molecule has 0 aliphatic heterocycles. The molecule has 0 atom stereocenters. The van der Waals surface area contributed by atoms with Gasteiger partial charge in [0, 0.05) is 11.9 Å². The number of hydrogen-bond donors (Lipinski definition) is 0. The van der Waals surface area contributed by atoms with Gasteiger partial charge in [-0.05, 0) is 48.0 Å². The van der Waals surface area contributed by atoms with Crippen molar-refractivity contribution in [3.05, 3.63) is 88.1 Å². The fraction of sp³-hybridized carbons (Fsp3) is 0.143. The van der Waals surface area contributed by atoms with Crippen molar-refractivity contribution in [1.82, 2.24) is 4.57 Å². The summed E-state index contributed by atoms with van der Waals surface area (Å²) >= 11 is 0. The smallest absolute Gasteiger partial charge is 0.347 e. The molecule has 0 fully saturated rings. The van der Waals surface area contributed by atoms with Crippen LogP contribution < -0.4 is 15.0 Å². The third kappa shape index (κ3) is 4.03. The number of aromatic nitrogens is 1. The summed E-state index contributed by atoms with van der Waals surface area (Å²) in [5, 5.41) is 0. The Morgan fingerprint density at radius 2 is 1.68 bits per heavy atom. The molecule has 3 aromatic rings. The Morgan fingerprint density at radius 3 is 2.29 bits per heavy atom. The molecule has 0 unspecified atom stereocenters. The fourth-order valence-electron chi connectivity index (χ4n) is 2.62. The van der Waals surface area contributed by atoms with Crippen molar-refractivity contribution >= 4 is 5.97 Å². The Bertz CT molecular complexity index is 1030. The van der Waals surface area contributed by atoms with Crippen LogP contribution in [0, 0.1) is 5.82 Å². The van der Waals surface area contributed by atoms with Crippen LogP contribution in [0.5, 0.6) is 11.5 Å². The van der Waals surface area contributed by atoms with Gasteiger partial charge >= 0.3 is 5.97 Å². The lowest BCUT2D eigenvalue weighted by Gasteiger charge is -2.13. The van der Waals surface area contributed by atoms with E-state index in [0.29, 0.717) is 11.4 Å². The van der Waals surface area contributed by atoms with Crippen molar-refractivity contribution in [1.29, 1.82) is 0 Å². The third-order valence-electron chi connectivity index (χ3n) is 4.10. The average molecular weight is 383 g/mol. The van der Waals surface area contributed by atoms with Crippen LogP contribution in [0.15, 0.2) is 65.6 Å². The molecule has 28 heavy (non-hydrogen) atoms. The summed E-state index contributed by atoms with van der Waals surface area (Å²) in [7, 11) is 2.76. The Balaban J connectivity index is 1.94. The van der Waals surface area contributed by atoms with E-state index in [-0.39, 0.29) is 17.9 Å². The van der Waals surface area contributed by atoms with Crippen LogP contribution in [0.2, 0.25) is 0 Å². The van der Waals surface area contributed by atoms with Gasteiger partial charge in [0.1, 0.15) is 23.9 Å². The lowest BCUT2D eigenvalue weighted by atomic mass is 10.2. The van der Waals surface area contributed by atoms with Gasteiger partial charge in [0.05, 0.1) is 14.2 Å². The zero-order valence-electron chi connectivity index (χ0n) is 15.3. The van der Waals surface area contributed by atoms with Crippen molar-refractivity contribution in [2.75, 3.05) is 14.2 Å². The summed E-state index contributed by atoms with van der Waals surface area (Å²) in [6, 6.07) is 14.0. The summed E-state index contributed by atoms with van der Waals surface area (Å²) < 4.78 is 29.9. The molecule has 2 aromatic carbocycles. The molecule has 0 saturated carbocycles. The Hall–Kier alpha value is -3.61. The molecule has 0 radical (unpaired) electrons. The number of halogens is 1. The third-order valence-corrected chi connectivity index (χ3v) is 4.10. The van der Waals surface area contributed by atoms with Crippen molar-refractivity contribution in [2.45, 2.75) is 6.61 Å². The molecule has 3 rings (SSSR count). The van der Waals surface area contributed by atoms with E-state index < -0.39 is 17.3 Å². The van der Waals surface area contributed by atoms with Crippen molar-refractivity contribution < 1.29 is 23.4 Å². The van der Waals surface area contributed by atoms with Crippen LogP contribution in [0.25, 0.3) is 5.69 Å². The standard InChI is InChI=1S/C21H18FNO5/c1-26-17-9-3-14(4-10-17)13-28-18-11-12-23(16-7-5-15(22)6-8-16)20(24)19(18)21(25)27-2/h3-12H,13H2,1-2H3. The Labute approximate surface area is 160 Å². The van der Waals surface area contributed by atoms with Gasteiger partial charge < -0.3 is 14.2 Å². The number of esters is 1. The van der Waals surface area contributed by atoms with Gasteiger partial charge in [-0.25, -0.2) is 9.18 Å². The van der Waals surface area contributed by atoms with E-state index in [4.69, 9.17) is 14.2 Å². The van der Waals surface area contributed by atoms with Gasteiger partial charge in [-0.2, -0.15) is 0 Å². The minimum atomic E-state index is -0.814. The van der Waals surface area contributed by atoms with E-state index in [1.165, 1.54) is 48.2 Å². The summed E-state index contributed by atoms with van der Waals surface area (Å²) in [6.07, 6.45) is 1.46. The predicted molar refractivity (Wildman–Crippen MR) is 101 cm³/mol. The predicted octanol–water partition coefficient (Wildman–Crippen LogP) is 3.35. The van der Waals surface area contributed by atoms with E-state index >= 15 is 0 Å². The topological polar surface area (TPSA) is 66.8 Å². The number of nitrogens with zero attached hydrogens (tertiary/aromatic N) is 1. The number of methoxy groups -OCH3 is 2. The van der Waals surface area contributed by atoms with Crippen LogP contribution in [0.1, 0.15) is 15.9 Å². The molecule has 1 aromatic heterocycles. The maximum Gasteiger partial charge on any atom is 0.347 e. The normalized spacial score (nSPS) is 10.4. The largest absolute Gasteiger partial charge is 0.497 e. The highest BCUT2D eigenvalue weighted by molar-refractivity contribution is 5.92. The minimum Gasteiger partial charge on any atom is -0.497 e. The zero-order chi connectivity index (χ0) is 20.1. The Morgan fingerprint density at radius 1 is 1.00 bits per heavy atom. The second kappa shape index (κ2) is 8.39. The lowest BCUT2D eigenvalue weighted by molar-refractivity contribution is 0.0593. The summed E-state index contributed by atoms with van der Waals surface area (Å²) in [5.41, 5.74) is 0.395. The summed E-state index contributed by atoms with van der Waals surface area (Å²) in [5.74, 6) is -0.428. The first-order chi connectivity index (χ1) is 13.5. The number of hydrogen-bond acceptors (Lipinski definition) is 5. The molecule has 0 aliphatic carbocycles. The number of carbonyl (C=O) groups excluding carboxylic acids is 1. The number of ether oxygens (including phenoxy) is 3. The van der Waals surface area contributed by atoms with Gasteiger partial charge in [0.25, 0.3) is 5.56 Å². The van der Waals surface area contributed by atoms with E-state index in [0.717, 1.165) is 5.56 Å². The summed E-state index contributed by atoms with van der Waals surface area (Å²) in [4.78, 5) is 25.0. The maximum atomic E-state index is 13.1. The molecule has 6 nitrogen and oxygen atoms in total. The van der Waals surface area contributed by atoms with Gasteiger partial charge in [-0.3, -0.25) is 9.36 Å². The van der Waals surface area contributed by atoms with Gasteiger partial charge in [-0.15, -0.1) is 0 Å². The van der Waals surface area contributed by atoms with E-state index in [1.54, 1.807) is 19.2 Å². The maximum absolute atomic E-state index is 13.1. The van der Waals surface area contributed by atoms with Crippen molar-refractivity contribution in [3.8, 4) is 17.2 Å². The number of carbonyl (C=O) groups is 1. The molecule has 0 spiro atoms. The number of pyridine rings is 1. The van der Waals surface area contributed by atoms with Crippen LogP contribution in [-0.4, -0.2) is 24.8 Å². The second-order valence-electron chi connectivity index (χ2n) is 5.83. The molecule has 7 heteroatoms. The van der Waals surface area contributed by atoms with Crippen molar-refractivity contribution in [2.24, 2.45) is 0 Å². The monoisotopic (exact) mass is 383 g/mol. The molecule has 0 amide bonds. The van der Waals surface area contributed by atoms with Crippen LogP contribution in [0.4, 0.5) is 4.39 Å². The second-order valence-corrected chi connectivity index (χ2v) is 5.83. The lowest BCUT2D eigenvalue weighted by Crippen LogP contribution is -2.26. The molecular formula is C21H18FNO5. The van der Waals surface area contributed by atoms with E-state index in [2.05, 4.69) is 0 Å². The molecular weight excluding hydrogens is 365 g/mol. The van der Waals surface area contributed by atoms with Crippen LogP contribution >= 0.6 is 0 Å².